The Labute approximate surface area is 109 Å². The lowest BCUT2D eigenvalue weighted by Gasteiger charge is -2.20. The topological polar surface area (TPSA) is 62.4 Å². The van der Waals surface area contributed by atoms with E-state index < -0.39 is 0 Å². The van der Waals surface area contributed by atoms with Crippen LogP contribution >= 0.6 is 0 Å². The molecule has 18 heavy (non-hydrogen) atoms. The fraction of sp³-hybridized carbons (Fsp3) is 0.500. The lowest BCUT2D eigenvalue weighted by molar-refractivity contribution is 0.687. The van der Waals surface area contributed by atoms with Crippen molar-refractivity contribution >= 4 is 11.6 Å². The molecule has 1 aromatic rings. The Morgan fingerprint density at radius 2 is 2.06 bits per heavy atom. The summed E-state index contributed by atoms with van der Waals surface area (Å²) < 4.78 is 0. The van der Waals surface area contributed by atoms with E-state index in [0.29, 0.717) is 5.96 Å². The van der Waals surface area contributed by atoms with Crippen molar-refractivity contribution in [2.75, 3.05) is 5.32 Å². The van der Waals surface area contributed by atoms with Crippen LogP contribution in [0.2, 0.25) is 0 Å². The van der Waals surface area contributed by atoms with Gasteiger partial charge in [0.1, 0.15) is 0 Å². The summed E-state index contributed by atoms with van der Waals surface area (Å²) in [4.78, 5) is 4.41. The van der Waals surface area contributed by atoms with E-state index in [4.69, 9.17) is 5.84 Å². The second-order valence-corrected chi connectivity index (χ2v) is 4.99. The van der Waals surface area contributed by atoms with Gasteiger partial charge in [0, 0.05) is 11.7 Å². The van der Waals surface area contributed by atoms with E-state index in [2.05, 4.69) is 33.9 Å². The lowest BCUT2D eigenvalue weighted by atomic mass is 9.90. The van der Waals surface area contributed by atoms with Crippen molar-refractivity contribution in [1.82, 2.24) is 5.43 Å². The summed E-state index contributed by atoms with van der Waals surface area (Å²) in [7, 11) is 0. The molecular formula is C14H22N4. The summed E-state index contributed by atoms with van der Waals surface area (Å²) >= 11 is 0. The maximum absolute atomic E-state index is 5.50. The predicted molar refractivity (Wildman–Crippen MR) is 76.6 cm³/mol. The third-order valence-corrected chi connectivity index (χ3v) is 3.17. The van der Waals surface area contributed by atoms with Gasteiger partial charge in [-0.05, 0) is 56.7 Å². The van der Waals surface area contributed by atoms with Crippen LogP contribution in [0.3, 0.4) is 0 Å². The fourth-order valence-corrected chi connectivity index (χ4v) is 2.39. The quantitative estimate of drug-likeness (QED) is 0.324. The minimum absolute atomic E-state index is 0.211. The number of guanidine groups is 1. The fourth-order valence-electron chi connectivity index (χ4n) is 2.39. The zero-order chi connectivity index (χ0) is 13.0. The highest BCUT2D eigenvalue weighted by molar-refractivity contribution is 5.94. The summed E-state index contributed by atoms with van der Waals surface area (Å²) in [5.41, 5.74) is 6.62. The molecule has 1 aromatic carbocycles. The minimum atomic E-state index is 0.211. The number of hydrogen-bond donors (Lipinski definition) is 3. The van der Waals surface area contributed by atoms with Gasteiger partial charge < -0.3 is 5.32 Å². The third kappa shape index (κ3) is 3.01. The molecule has 0 aliphatic heterocycles. The zero-order valence-electron chi connectivity index (χ0n) is 11.2. The molecule has 0 radical (unpaired) electrons. The maximum Gasteiger partial charge on any atom is 0.210 e. The number of aryl methyl sites for hydroxylation is 1. The molecule has 0 amide bonds. The van der Waals surface area contributed by atoms with E-state index in [0.717, 1.165) is 12.1 Å². The van der Waals surface area contributed by atoms with Crippen LogP contribution < -0.4 is 16.6 Å². The van der Waals surface area contributed by atoms with Gasteiger partial charge in [-0.3, -0.25) is 5.43 Å². The molecule has 98 valence electrons. The number of nitrogens with two attached hydrogens (primary N) is 1. The average molecular weight is 246 g/mol. The average Bonchev–Trinajstić information content (AvgIpc) is 2.38. The zero-order valence-corrected chi connectivity index (χ0v) is 11.2. The van der Waals surface area contributed by atoms with Gasteiger partial charge in [-0.15, -0.1) is 0 Å². The van der Waals surface area contributed by atoms with E-state index in [1.165, 1.54) is 30.4 Å². The summed E-state index contributed by atoms with van der Waals surface area (Å²) in [6.07, 6.45) is 4.87. The van der Waals surface area contributed by atoms with Gasteiger partial charge in [-0.25, -0.2) is 10.8 Å². The second-order valence-electron chi connectivity index (χ2n) is 4.99. The first-order valence-electron chi connectivity index (χ1n) is 6.63. The number of hydrogen-bond acceptors (Lipinski definition) is 2. The number of hydrazine groups is 1. The van der Waals surface area contributed by atoms with E-state index in [1.54, 1.807) is 0 Å². The summed E-state index contributed by atoms with van der Waals surface area (Å²) in [5, 5.41) is 3.30. The van der Waals surface area contributed by atoms with Crippen LogP contribution in [-0.2, 0) is 12.8 Å². The number of nitrogens with one attached hydrogen (secondary N) is 2. The van der Waals surface area contributed by atoms with Gasteiger partial charge in [-0.1, -0.05) is 12.1 Å². The van der Waals surface area contributed by atoms with Gasteiger partial charge in [0.15, 0.2) is 0 Å². The first kappa shape index (κ1) is 12.9. The van der Waals surface area contributed by atoms with Crippen LogP contribution in [0.15, 0.2) is 23.2 Å². The van der Waals surface area contributed by atoms with Crippen LogP contribution in [0.25, 0.3) is 0 Å². The highest BCUT2D eigenvalue weighted by atomic mass is 15.3. The molecule has 0 heterocycles. The Morgan fingerprint density at radius 1 is 1.28 bits per heavy atom. The SMILES string of the molecule is CC(C)N=C(NN)Nc1cccc2c1CCCC2. The largest absolute Gasteiger partial charge is 0.325 e. The molecule has 0 saturated heterocycles. The molecule has 1 aliphatic carbocycles. The molecule has 0 bridgehead atoms. The molecular weight excluding hydrogens is 224 g/mol. The number of aliphatic imine (C=N–C) groups is 1. The molecule has 4 heteroatoms. The molecule has 0 fully saturated rings. The number of anilines is 1. The second kappa shape index (κ2) is 5.87. The number of fused-ring (bicyclic) bond motifs is 1. The van der Waals surface area contributed by atoms with Crippen molar-refractivity contribution in [2.24, 2.45) is 10.8 Å². The van der Waals surface area contributed by atoms with Crippen molar-refractivity contribution < 1.29 is 0 Å². The number of nitrogens with zero attached hydrogens (tertiary/aromatic N) is 1. The molecule has 1 aliphatic rings. The maximum atomic E-state index is 5.50. The monoisotopic (exact) mass is 246 g/mol. The smallest absolute Gasteiger partial charge is 0.210 e. The highest BCUT2D eigenvalue weighted by Gasteiger charge is 2.13. The van der Waals surface area contributed by atoms with E-state index >= 15 is 0 Å². The van der Waals surface area contributed by atoms with Crippen molar-refractivity contribution in [3.8, 4) is 0 Å². The van der Waals surface area contributed by atoms with E-state index in [1.807, 2.05) is 13.8 Å². The Hall–Kier alpha value is -1.55. The van der Waals surface area contributed by atoms with Gasteiger partial charge >= 0.3 is 0 Å². The van der Waals surface area contributed by atoms with Crippen LogP contribution in [0.4, 0.5) is 5.69 Å². The Kier molecular flexibility index (Phi) is 4.20. The highest BCUT2D eigenvalue weighted by Crippen LogP contribution is 2.27. The lowest BCUT2D eigenvalue weighted by Crippen LogP contribution is -2.37. The Balaban J connectivity index is 2.23. The van der Waals surface area contributed by atoms with Gasteiger partial charge in [0.2, 0.25) is 5.96 Å². The first-order valence-corrected chi connectivity index (χ1v) is 6.63. The van der Waals surface area contributed by atoms with Gasteiger partial charge in [0.25, 0.3) is 0 Å². The molecule has 0 unspecified atom stereocenters. The van der Waals surface area contributed by atoms with Crippen molar-refractivity contribution in [2.45, 2.75) is 45.6 Å². The standard InChI is InChI=1S/C14H22N4/c1-10(2)16-14(18-15)17-13-9-5-7-11-6-3-4-8-12(11)13/h5,7,9-10H,3-4,6,8,15H2,1-2H3,(H2,16,17,18). The Morgan fingerprint density at radius 3 is 2.78 bits per heavy atom. The van der Waals surface area contributed by atoms with Gasteiger partial charge in [-0.2, -0.15) is 0 Å². The number of benzene rings is 1. The normalized spacial score (nSPS) is 15.4. The predicted octanol–water partition coefficient (Wildman–Crippen LogP) is 2.21. The Bertz CT molecular complexity index is 437. The molecule has 0 spiro atoms. The molecule has 4 N–H and O–H groups in total. The van der Waals surface area contributed by atoms with E-state index in [9.17, 15) is 0 Å². The molecule has 0 saturated carbocycles. The van der Waals surface area contributed by atoms with Crippen LogP contribution in [0, 0.1) is 0 Å². The van der Waals surface area contributed by atoms with Crippen LogP contribution in [0.5, 0.6) is 0 Å². The van der Waals surface area contributed by atoms with Crippen LogP contribution in [0.1, 0.15) is 37.8 Å². The molecule has 2 rings (SSSR count). The molecule has 0 aromatic heterocycles. The molecule has 0 atom stereocenters. The third-order valence-electron chi connectivity index (χ3n) is 3.17. The first-order chi connectivity index (χ1) is 8.70. The minimum Gasteiger partial charge on any atom is -0.325 e. The van der Waals surface area contributed by atoms with Crippen molar-refractivity contribution in [3.63, 3.8) is 0 Å². The van der Waals surface area contributed by atoms with Crippen molar-refractivity contribution in [3.05, 3.63) is 29.3 Å². The number of rotatable bonds is 2. The summed E-state index contributed by atoms with van der Waals surface area (Å²) in [6, 6.07) is 6.62. The summed E-state index contributed by atoms with van der Waals surface area (Å²) in [5.74, 6) is 6.13. The van der Waals surface area contributed by atoms with Gasteiger partial charge in [0.05, 0.1) is 0 Å². The van der Waals surface area contributed by atoms with Crippen LogP contribution in [-0.4, -0.2) is 12.0 Å². The summed E-state index contributed by atoms with van der Waals surface area (Å²) in [6.45, 7) is 4.05. The van der Waals surface area contributed by atoms with E-state index in [-0.39, 0.29) is 6.04 Å². The van der Waals surface area contributed by atoms with Crippen molar-refractivity contribution in [1.29, 1.82) is 0 Å². The molecule has 4 nitrogen and oxygen atoms in total.